The van der Waals surface area contributed by atoms with E-state index in [0.717, 1.165) is 22.2 Å². The van der Waals surface area contributed by atoms with Crippen molar-refractivity contribution in [3.05, 3.63) is 106 Å². The van der Waals surface area contributed by atoms with Crippen molar-refractivity contribution in [2.75, 3.05) is 5.73 Å². The summed E-state index contributed by atoms with van der Waals surface area (Å²) in [6.07, 6.45) is 1.34. The molecule has 3 aromatic heterocycles. The summed E-state index contributed by atoms with van der Waals surface area (Å²) in [5.41, 5.74) is 10.6. The molecule has 188 valence electrons. The summed E-state index contributed by atoms with van der Waals surface area (Å²) in [4.78, 5) is 22.5. The van der Waals surface area contributed by atoms with E-state index < -0.39 is 11.6 Å². The first kappa shape index (κ1) is 23.4. The Morgan fingerprint density at radius 2 is 1.74 bits per heavy atom. The lowest BCUT2D eigenvalue weighted by molar-refractivity contribution is 0.432. The number of para-hydroxylation sites is 1. The molecule has 0 saturated carbocycles. The molecule has 0 aliphatic heterocycles. The highest BCUT2D eigenvalue weighted by Crippen LogP contribution is 2.32. The van der Waals surface area contributed by atoms with E-state index in [2.05, 4.69) is 9.97 Å². The molecule has 0 unspecified atom stereocenters. The number of hydrogen-bond donors (Lipinski definition) is 2. The van der Waals surface area contributed by atoms with Crippen LogP contribution in [0.1, 0.15) is 16.8 Å². The van der Waals surface area contributed by atoms with Crippen molar-refractivity contribution in [3.8, 4) is 22.7 Å². The van der Waals surface area contributed by atoms with E-state index in [9.17, 15) is 14.3 Å². The largest absolute Gasteiger partial charge is 0.505 e. The number of phenols is 1. The quantitative estimate of drug-likeness (QED) is 0.352. The van der Waals surface area contributed by atoms with Crippen molar-refractivity contribution in [3.63, 3.8) is 0 Å². The van der Waals surface area contributed by atoms with Crippen LogP contribution in [0.15, 0.2) is 77.9 Å². The molecule has 0 saturated heterocycles. The summed E-state index contributed by atoms with van der Waals surface area (Å²) in [6, 6.07) is 19.5. The predicted octanol–water partition coefficient (Wildman–Crippen LogP) is 4.89. The van der Waals surface area contributed by atoms with Crippen LogP contribution in [0.4, 0.5) is 10.2 Å². The maximum Gasteiger partial charge on any atom is 0.263 e. The van der Waals surface area contributed by atoms with E-state index in [-0.39, 0.29) is 17.9 Å². The molecule has 38 heavy (non-hydrogen) atoms. The van der Waals surface area contributed by atoms with Gasteiger partial charge in [-0.2, -0.15) is 5.10 Å². The number of fused-ring (bicyclic) bond motifs is 2. The molecule has 0 fully saturated rings. The number of aromatic hydroxyl groups is 1. The number of pyridine rings is 1. The number of nitrogen functional groups attached to an aromatic ring is 1. The van der Waals surface area contributed by atoms with E-state index in [1.54, 1.807) is 15.3 Å². The molecule has 6 aromatic rings. The number of benzene rings is 3. The number of nitrogens with zero attached hydrogens (tertiary/aromatic N) is 5. The first-order valence-corrected chi connectivity index (χ1v) is 12.0. The van der Waals surface area contributed by atoms with Gasteiger partial charge in [-0.3, -0.25) is 9.36 Å². The maximum atomic E-state index is 14.2. The van der Waals surface area contributed by atoms with Gasteiger partial charge >= 0.3 is 0 Å². The van der Waals surface area contributed by atoms with Crippen molar-refractivity contribution < 1.29 is 9.50 Å². The number of nitrogens with two attached hydrogens (primary N) is 1. The first-order valence-electron chi connectivity index (χ1n) is 12.0. The van der Waals surface area contributed by atoms with Gasteiger partial charge in [-0.25, -0.2) is 19.0 Å². The first-order chi connectivity index (χ1) is 18.3. The number of halogens is 1. The fourth-order valence-corrected chi connectivity index (χ4v) is 4.93. The molecule has 0 spiro atoms. The Bertz CT molecular complexity index is 1940. The zero-order chi connectivity index (χ0) is 26.6. The van der Waals surface area contributed by atoms with Crippen LogP contribution >= 0.6 is 0 Å². The maximum absolute atomic E-state index is 14.2. The summed E-state index contributed by atoms with van der Waals surface area (Å²) in [7, 11) is 0. The molecule has 0 aliphatic carbocycles. The Morgan fingerprint density at radius 1 is 0.947 bits per heavy atom. The normalized spacial score (nSPS) is 11.4. The van der Waals surface area contributed by atoms with Gasteiger partial charge in [-0.1, -0.05) is 36.4 Å². The highest BCUT2D eigenvalue weighted by Gasteiger charge is 2.21. The Morgan fingerprint density at radius 3 is 2.53 bits per heavy atom. The summed E-state index contributed by atoms with van der Waals surface area (Å²) in [6.45, 7) is 4.07. The van der Waals surface area contributed by atoms with Gasteiger partial charge in [0.1, 0.15) is 17.8 Å². The third kappa shape index (κ3) is 3.67. The second-order valence-corrected chi connectivity index (χ2v) is 9.23. The van der Waals surface area contributed by atoms with Crippen LogP contribution in [0.2, 0.25) is 0 Å². The Labute approximate surface area is 216 Å². The van der Waals surface area contributed by atoms with Gasteiger partial charge in [-0.05, 0) is 60.7 Å². The average Bonchev–Trinajstić information content (AvgIpc) is 3.26. The van der Waals surface area contributed by atoms with Crippen molar-refractivity contribution in [2.45, 2.75) is 20.4 Å². The van der Waals surface area contributed by atoms with Gasteiger partial charge in [0, 0.05) is 11.3 Å². The smallest absolute Gasteiger partial charge is 0.263 e. The van der Waals surface area contributed by atoms with E-state index in [1.807, 2.05) is 62.4 Å². The van der Waals surface area contributed by atoms with Gasteiger partial charge in [0.05, 0.1) is 23.0 Å². The molecule has 9 heteroatoms. The number of aryl methyl sites for hydroxylation is 2. The zero-order valence-electron chi connectivity index (χ0n) is 20.7. The van der Waals surface area contributed by atoms with Crippen LogP contribution in [0.3, 0.4) is 0 Å². The zero-order valence-corrected chi connectivity index (χ0v) is 20.7. The number of hydrogen-bond acceptors (Lipinski definition) is 6. The number of aromatic nitrogens is 5. The lowest BCUT2D eigenvalue weighted by Gasteiger charge is -2.17. The van der Waals surface area contributed by atoms with Gasteiger partial charge in [0.2, 0.25) is 0 Å². The number of phenolic OH excluding ortho intramolecular Hbond substituents is 1. The van der Waals surface area contributed by atoms with Crippen molar-refractivity contribution in [2.24, 2.45) is 0 Å². The topological polar surface area (TPSA) is 112 Å². The van der Waals surface area contributed by atoms with Crippen molar-refractivity contribution in [1.29, 1.82) is 0 Å². The summed E-state index contributed by atoms with van der Waals surface area (Å²) in [5.74, 6) is -1.05. The Hall–Kier alpha value is -5.05. The molecule has 3 aromatic carbocycles. The van der Waals surface area contributed by atoms with E-state index >= 15 is 0 Å². The monoisotopic (exact) mass is 506 g/mol. The minimum Gasteiger partial charge on any atom is -0.505 e. The summed E-state index contributed by atoms with van der Waals surface area (Å²) >= 11 is 0. The minimum atomic E-state index is -0.779. The second-order valence-electron chi connectivity index (χ2n) is 9.23. The van der Waals surface area contributed by atoms with Crippen molar-refractivity contribution in [1.82, 2.24) is 24.3 Å². The molecule has 0 aliphatic rings. The summed E-state index contributed by atoms with van der Waals surface area (Å²) in [5, 5.41) is 16.3. The van der Waals surface area contributed by atoms with Gasteiger partial charge in [-0.15, -0.1) is 0 Å². The van der Waals surface area contributed by atoms with E-state index in [1.165, 1.54) is 18.5 Å². The lowest BCUT2D eigenvalue weighted by Crippen LogP contribution is -2.25. The highest BCUT2D eigenvalue weighted by molar-refractivity contribution is 5.98. The molecule has 6 rings (SSSR count). The molecular formula is C29H23FN6O2. The van der Waals surface area contributed by atoms with Crippen LogP contribution in [-0.2, 0) is 6.54 Å². The lowest BCUT2D eigenvalue weighted by atomic mass is 10.1. The van der Waals surface area contributed by atoms with Crippen LogP contribution in [-0.4, -0.2) is 29.4 Å². The van der Waals surface area contributed by atoms with Crippen LogP contribution in [0.25, 0.3) is 38.8 Å². The predicted molar refractivity (Wildman–Crippen MR) is 145 cm³/mol. The van der Waals surface area contributed by atoms with Crippen LogP contribution in [0.5, 0.6) is 5.75 Å². The molecule has 0 bridgehead atoms. The highest BCUT2D eigenvalue weighted by atomic mass is 19.1. The second kappa shape index (κ2) is 8.81. The third-order valence-electron chi connectivity index (χ3n) is 6.78. The van der Waals surface area contributed by atoms with Crippen LogP contribution in [0, 0.1) is 19.7 Å². The average molecular weight is 507 g/mol. The molecule has 8 nitrogen and oxygen atoms in total. The molecular weight excluding hydrogens is 483 g/mol. The standard InChI is InChI=1S/C29H23FN6O2/c1-16-6-3-4-9-22(16)36-20(12-18-8-5-7-17(2)24(18)29(36)38)14-35-28-25(27(31)32-15-33-28)26(34-35)19-10-11-23(37)21(30)13-19/h3-13,15,37H,14H2,1-2H3,(H2,31,32,33). The molecule has 3 N–H and O–H groups in total. The number of rotatable bonds is 4. The molecule has 3 heterocycles. The Balaban J connectivity index is 1.62. The molecule has 0 atom stereocenters. The third-order valence-corrected chi connectivity index (χ3v) is 6.78. The minimum absolute atomic E-state index is 0.128. The van der Waals surface area contributed by atoms with Crippen LogP contribution < -0.4 is 11.3 Å². The summed E-state index contributed by atoms with van der Waals surface area (Å²) < 4.78 is 17.6. The fourth-order valence-electron chi connectivity index (χ4n) is 4.93. The van der Waals surface area contributed by atoms with Gasteiger partial charge < -0.3 is 10.8 Å². The Kier molecular flexibility index (Phi) is 5.41. The molecule has 0 amide bonds. The molecule has 0 radical (unpaired) electrons. The number of anilines is 1. The van der Waals surface area contributed by atoms with Crippen molar-refractivity contribution >= 4 is 27.6 Å². The van der Waals surface area contributed by atoms with Gasteiger partial charge in [0.25, 0.3) is 5.56 Å². The SMILES string of the molecule is Cc1ccccc1-n1c(Cn2nc(-c3ccc(O)c(F)c3)c3c(N)ncnc32)cc2cccc(C)c2c1=O. The van der Waals surface area contributed by atoms with E-state index in [4.69, 9.17) is 10.8 Å². The fraction of sp³-hybridized carbons (Fsp3) is 0.103. The van der Waals surface area contributed by atoms with E-state index in [0.29, 0.717) is 33.4 Å². The van der Waals surface area contributed by atoms with Gasteiger partial charge in [0.15, 0.2) is 17.2 Å².